The molecule has 0 unspecified atom stereocenters. The first kappa shape index (κ1) is 19.9. The number of ether oxygens (including phenoxy) is 1. The second kappa shape index (κ2) is 8.29. The molecule has 0 saturated carbocycles. The highest BCUT2D eigenvalue weighted by molar-refractivity contribution is 7.89. The van der Waals surface area contributed by atoms with Gasteiger partial charge in [-0.25, -0.2) is 17.5 Å². The number of nitrogens with one attached hydrogen (secondary N) is 1. The molecule has 0 atom stereocenters. The van der Waals surface area contributed by atoms with Crippen molar-refractivity contribution in [2.45, 2.75) is 18.7 Å². The average molecular weight is 380 g/mol. The lowest BCUT2D eigenvalue weighted by atomic mass is 10.2. The van der Waals surface area contributed by atoms with Crippen molar-refractivity contribution < 1.29 is 22.3 Å². The Morgan fingerprint density at radius 1 is 1.23 bits per heavy atom. The molecule has 0 radical (unpaired) electrons. The van der Waals surface area contributed by atoms with E-state index in [1.807, 2.05) is 0 Å². The lowest BCUT2D eigenvalue weighted by Gasteiger charge is -2.21. The van der Waals surface area contributed by atoms with E-state index >= 15 is 0 Å². The fourth-order valence-electron chi connectivity index (χ4n) is 2.48. The Kier molecular flexibility index (Phi) is 6.33. The van der Waals surface area contributed by atoms with E-state index in [-0.39, 0.29) is 29.6 Å². The van der Waals surface area contributed by atoms with E-state index in [9.17, 15) is 17.6 Å². The zero-order valence-corrected chi connectivity index (χ0v) is 15.6. The Labute approximate surface area is 152 Å². The molecule has 0 fully saturated rings. The number of carbonyl (C=O) groups excluding carboxylic acids is 1. The predicted molar refractivity (Wildman–Crippen MR) is 97.3 cm³/mol. The smallest absolute Gasteiger partial charge is 0.244 e. The summed E-state index contributed by atoms with van der Waals surface area (Å²) in [5.41, 5.74) is 1.14. The Hall–Kier alpha value is -2.45. The van der Waals surface area contributed by atoms with Gasteiger partial charge in [0.1, 0.15) is 16.5 Å². The molecule has 1 N–H and O–H groups in total. The minimum atomic E-state index is -3.82. The van der Waals surface area contributed by atoms with Crippen LogP contribution in [0.4, 0.5) is 10.1 Å². The van der Waals surface area contributed by atoms with E-state index in [1.165, 1.54) is 43.2 Å². The molecule has 1 amide bonds. The number of methoxy groups -OCH3 is 1. The lowest BCUT2D eigenvalue weighted by molar-refractivity contribution is -0.116. The van der Waals surface area contributed by atoms with E-state index in [1.54, 1.807) is 25.1 Å². The maximum atomic E-state index is 13.4. The number of hydrogen-bond donors (Lipinski definition) is 1. The molecule has 0 heterocycles. The van der Waals surface area contributed by atoms with Crippen molar-refractivity contribution >= 4 is 21.6 Å². The Morgan fingerprint density at radius 3 is 2.58 bits per heavy atom. The van der Waals surface area contributed by atoms with Gasteiger partial charge in [-0.3, -0.25) is 4.79 Å². The number of benzene rings is 2. The summed E-state index contributed by atoms with van der Waals surface area (Å²) in [5.74, 6) is -0.557. The molecule has 2 aromatic rings. The number of rotatable bonds is 7. The lowest BCUT2D eigenvalue weighted by Crippen LogP contribution is -2.37. The molecule has 6 nitrogen and oxygen atoms in total. The van der Waals surface area contributed by atoms with Gasteiger partial charge in [-0.2, -0.15) is 0 Å². The van der Waals surface area contributed by atoms with Gasteiger partial charge in [0.2, 0.25) is 15.9 Å². The van der Waals surface area contributed by atoms with Crippen LogP contribution in [0.1, 0.15) is 12.5 Å². The third kappa shape index (κ3) is 4.80. The van der Waals surface area contributed by atoms with Crippen molar-refractivity contribution in [2.24, 2.45) is 0 Å². The summed E-state index contributed by atoms with van der Waals surface area (Å²) in [6.07, 6.45) is 0. The van der Waals surface area contributed by atoms with Crippen LogP contribution in [0.15, 0.2) is 47.4 Å². The Balaban J connectivity index is 2.14. The first-order valence-electron chi connectivity index (χ1n) is 7.92. The van der Waals surface area contributed by atoms with Crippen molar-refractivity contribution in [3.05, 3.63) is 53.8 Å². The van der Waals surface area contributed by atoms with Gasteiger partial charge in [-0.05, 0) is 42.8 Å². The molecule has 0 spiro atoms. The highest BCUT2D eigenvalue weighted by Gasteiger charge is 2.20. The molecule has 0 bridgehead atoms. The van der Waals surface area contributed by atoms with Gasteiger partial charge < -0.3 is 9.64 Å². The van der Waals surface area contributed by atoms with Crippen molar-refractivity contribution in [2.75, 3.05) is 25.1 Å². The predicted octanol–water partition coefficient (Wildman–Crippen LogP) is 2.47. The van der Waals surface area contributed by atoms with E-state index in [0.717, 1.165) is 5.56 Å². The van der Waals surface area contributed by atoms with Crippen LogP contribution in [0.25, 0.3) is 0 Å². The number of halogens is 1. The molecule has 0 aliphatic heterocycles. The average Bonchev–Trinajstić information content (AvgIpc) is 2.58. The highest BCUT2D eigenvalue weighted by atomic mass is 32.2. The van der Waals surface area contributed by atoms with E-state index < -0.39 is 15.8 Å². The molecule has 0 aromatic heterocycles. The number of nitrogens with zero attached hydrogens (tertiary/aromatic N) is 1. The molecule has 140 valence electrons. The molecule has 0 saturated heterocycles. The monoisotopic (exact) mass is 380 g/mol. The maximum absolute atomic E-state index is 13.4. The van der Waals surface area contributed by atoms with Crippen LogP contribution in [0.3, 0.4) is 0 Å². The largest absolute Gasteiger partial charge is 0.495 e. The van der Waals surface area contributed by atoms with Crippen molar-refractivity contribution in [1.82, 2.24) is 4.72 Å². The van der Waals surface area contributed by atoms with Crippen LogP contribution < -0.4 is 14.4 Å². The number of aryl methyl sites for hydroxylation is 1. The summed E-state index contributed by atoms with van der Waals surface area (Å²) in [4.78, 5) is 13.2. The minimum absolute atomic E-state index is 0.0279. The number of sulfonamides is 1. The van der Waals surface area contributed by atoms with Crippen LogP contribution in [0, 0.1) is 12.7 Å². The number of anilines is 1. The highest BCUT2D eigenvalue weighted by Crippen LogP contribution is 2.24. The molecular formula is C18H21FN2O4S. The third-order valence-corrected chi connectivity index (χ3v) is 5.22. The van der Waals surface area contributed by atoms with Crippen LogP contribution in [-0.4, -0.2) is 34.5 Å². The van der Waals surface area contributed by atoms with Gasteiger partial charge >= 0.3 is 0 Å². The zero-order chi connectivity index (χ0) is 19.3. The standard InChI is InChI=1S/C18H21FN2O4S/c1-13-7-8-17(25-3)18(11-13)26(23,24)20-9-10-21(14(2)22)16-6-4-5-15(19)12-16/h4-8,11-12,20H,9-10H2,1-3H3. The summed E-state index contributed by atoms with van der Waals surface area (Å²) in [6.45, 7) is 3.14. The van der Waals surface area contributed by atoms with Gasteiger partial charge in [0, 0.05) is 25.7 Å². The Morgan fingerprint density at radius 2 is 1.96 bits per heavy atom. The SMILES string of the molecule is COc1ccc(C)cc1S(=O)(=O)NCCN(C(C)=O)c1cccc(F)c1. The van der Waals surface area contributed by atoms with Crippen molar-refractivity contribution in [1.29, 1.82) is 0 Å². The summed E-state index contributed by atoms with van der Waals surface area (Å²) < 4.78 is 46.0. The number of hydrogen-bond acceptors (Lipinski definition) is 4. The van der Waals surface area contributed by atoms with E-state index in [0.29, 0.717) is 5.69 Å². The number of amides is 1. The van der Waals surface area contributed by atoms with E-state index in [2.05, 4.69) is 4.72 Å². The Bertz CT molecular complexity index is 900. The second-order valence-corrected chi connectivity index (χ2v) is 7.44. The van der Waals surface area contributed by atoms with Crippen molar-refractivity contribution in [3.63, 3.8) is 0 Å². The normalized spacial score (nSPS) is 11.2. The molecular weight excluding hydrogens is 359 g/mol. The summed E-state index contributed by atoms with van der Waals surface area (Å²) in [6, 6.07) is 10.4. The van der Waals surface area contributed by atoms with Gasteiger partial charge in [0.25, 0.3) is 0 Å². The number of carbonyl (C=O) groups is 1. The van der Waals surface area contributed by atoms with Gasteiger partial charge in [-0.15, -0.1) is 0 Å². The van der Waals surface area contributed by atoms with Crippen LogP contribution >= 0.6 is 0 Å². The molecule has 2 rings (SSSR count). The first-order chi connectivity index (χ1) is 12.2. The maximum Gasteiger partial charge on any atom is 0.244 e. The first-order valence-corrected chi connectivity index (χ1v) is 9.41. The fourth-order valence-corrected chi connectivity index (χ4v) is 3.75. The van der Waals surface area contributed by atoms with E-state index in [4.69, 9.17) is 4.74 Å². The molecule has 0 aliphatic rings. The topological polar surface area (TPSA) is 75.7 Å². The quantitative estimate of drug-likeness (QED) is 0.801. The summed E-state index contributed by atoms with van der Waals surface area (Å²) in [7, 11) is -2.43. The summed E-state index contributed by atoms with van der Waals surface area (Å²) in [5, 5.41) is 0. The van der Waals surface area contributed by atoms with Crippen molar-refractivity contribution in [3.8, 4) is 5.75 Å². The van der Waals surface area contributed by atoms with Gasteiger partial charge in [0.05, 0.1) is 7.11 Å². The molecule has 2 aromatic carbocycles. The molecule has 0 aliphatic carbocycles. The zero-order valence-electron chi connectivity index (χ0n) is 14.8. The minimum Gasteiger partial charge on any atom is -0.495 e. The van der Waals surface area contributed by atoms with Crippen LogP contribution in [0.2, 0.25) is 0 Å². The third-order valence-electron chi connectivity index (χ3n) is 3.74. The summed E-state index contributed by atoms with van der Waals surface area (Å²) >= 11 is 0. The van der Waals surface area contributed by atoms with Gasteiger partial charge in [-0.1, -0.05) is 12.1 Å². The second-order valence-electron chi connectivity index (χ2n) is 5.70. The molecule has 8 heteroatoms. The molecule has 26 heavy (non-hydrogen) atoms. The van der Waals surface area contributed by atoms with Crippen LogP contribution in [-0.2, 0) is 14.8 Å². The van der Waals surface area contributed by atoms with Gasteiger partial charge in [0.15, 0.2) is 0 Å². The van der Waals surface area contributed by atoms with Crippen LogP contribution in [0.5, 0.6) is 5.75 Å². The fraction of sp³-hybridized carbons (Fsp3) is 0.278.